The first kappa shape index (κ1) is 23.1. The number of unbranched alkanes of at least 4 members (excludes halogenated alkanes) is 14. The van der Waals surface area contributed by atoms with Gasteiger partial charge in [-0.25, -0.2) is 0 Å². The van der Waals surface area contributed by atoms with Gasteiger partial charge >= 0.3 is 0 Å². The Hall–Kier alpha value is -0.920. The van der Waals surface area contributed by atoms with Gasteiger partial charge in [-0.3, -0.25) is 0 Å². The highest BCUT2D eigenvalue weighted by Crippen LogP contribution is 2.27. The third kappa shape index (κ3) is 11.6. The first-order valence-corrected chi connectivity index (χ1v) is 11.6. The maximum Gasteiger partial charge on any atom is 0.189 e. The fraction of sp³-hybridized carbons (Fsp3) is 0.833. The maximum atomic E-state index is 5.64. The summed E-state index contributed by atoms with van der Waals surface area (Å²) in [4.78, 5) is 0. The number of ether oxygens (including phenoxy) is 1. The van der Waals surface area contributed by atoms with Crippen LogP contribution >= 0.6 is 0 Å². The van der Waals surface area contributed by atoms with Gasteiger partial charge in [-0.2, -0.15) is 0 Å². The van der Waals surface area contributed by atoms with Crippen molar-refractivity contribution in [2.75, 3.05) is 0 Å². The molecule has 0 radical (unpaired) electrons. The molecular weight excluding hydrogens is 318 g/mol. The van der Waals surface area contributed by atoms with E-state index in [2.05, 4.69) is 25.7 Å². The quantitative estimate of drug-likeness (QED) is 0.248. The van der Waals surface area contributed by atoms with Crippen LogP contribution in [0.15, 0.2) is 24.4 Å². The maximum absolute atomic E-state index is 5.64. The smallest absolute Gasteiger partial charge is 0.189 e. The molecule has 0 aromatic rings. The zero-order valence-electron chi connectivity index (χ0n) is 17.8. The molecule has 0 saturated heterocycles. The van der Waals surface area contributed by atoms with E-state index in [4.69, 9.17) is 4.74 Å². The van der Waals surface area contributed by atoms with E-state index in [1.54, 1.807) is 0 Å². The lowest BCUT2D eigenvalue weighted by molar-refractivity contribution is 0.254. The zero-order valence-corrected chi connectivity index (χ0v) is 17.8. The summed E-state index contributed by atoms with van der Waals surface area (Å²) in [6.07, 6.45) is 25.8. The number of nitrogens with one attached hydrogen (secondary N) is 1. The van der Waals surface area contributed by atoms with Gasteiger partial charge in [-0.15, -0.1) is 0 Å². The topological polar surface area (TPSA) is 21.3 Å². The Bertz CT molecular complexity index is 374. The van der Waals surface area contributed by atoms with E-state index in [1.807, 2.05) is 6.20 Å². The van der Waals surface area contributed by atoms with Crippen molar-refractivity contribution in [3.8, 4) is 0 Å². The van der Waals surface area contributed by atoms with Crippen molar-refractivity contribution < 1.29 is 4.74 Å². The monoisotopic (exact) mass is 363 g/mol. The van der Waals surface area contributed by atoms with Gasteiger partial charge in [0.15, 0.2) is 5.88 Å². The van der Waals surface area contributed by atoms with Crippen LogP contribution in [-0.2, 0) is 4.74 Å². The van der Waals surface area contributed by atoms with Gasteiger partial charge < -0.3 is 10.1 Å². The van der Waals surface area contributed by atoms with E-state index in [-0.39, 0.29) is 0 Å². The van der Waals surface area contributed by atoms with Crippen molar-refractivity contribution >= 4 is 0 Å². The molecule has 0 aliphatic carbocycles. The summed E-state index contributed by atoms with van der Waals surface area (Å²) in [5, 5.41) is 3.06. The molecule has 0 spiro atoms. The molecule has 1 heterocycles. The predicted octanol–water partition coefficient (Wildman–Crippen LogP) is 8.21. The Labute approximate surface area is 163 Å². The largest absolute Gasteiger partial charge is 0.444 e. The highest BCUT2D eigenvalue weighted by atomic mass is 16.5. The summed E-state index contributed by atoms with van der Waals surface area (Å²) < 4.78 is 5.64. The molecule has 1 aliphatic heterocycles. The molecule has 1 rings (SSSR count). The van der Waals surface area contributed by atoms with Gasteiger partial charge in [0.2, 0.25) is 0 Å². The van der Waals surface area contributed by atoms with Crippen LogP contribution in [0.5, 0.6) is 0 Å². The molecule has 2 heteroatoms. The van der Waals surface area contributed by atoms with Crippen LogP contribution in [0.4, 0.5) is 0 Å². The van der Waals surface area contributed by atoms with Crippen LogP contribution in [0.25, 0.3) is 0 Å². The molecule has 1 atom stereocenters. The van der Waals surface area contributed by atoms with Crippen LogP contribution < -0.4 is 5.32 Å². The Kier molecular flexibility index (Phi) is 14.5. The van der Waals surface area contributed by atoms with Gasteiger partial charge in [-0.1, -0.05) is 110 Å². The molecule has 0 amide bonds. The van der Waals surface area contributed by atoms with Crippen molar-refractivity contribution in [1.29, 1.82) is 0 Å². The fourth-order valence-electron chi connectivity index (χ4n) is 3.86. The van der Waals surface area contributed by atoms with Crippen LogP contribution in [0.1, 0.15) is 123 Å². The van der Waals surface area contributed by atoms with Gasteiger partial charge in [-0.05, 0) is 19.4 Å². The van der Waals surface area contributed by atoms with E-state index in [1.165, 1.54) is 103 Å². The van der Waals surface area contributed by atoms with E-state index < -0.39 is 0 Å². The second kappa shape index (κ2) is 16.3. The number of hydrogen-bond acceptors (Lipinski definition) is 2. The molecule has 0 bridgehead atoms. The lowest BCUT2D eigenvalue weighted by atomic mass is 9.96. The summed E-state index contributed by atoms with van der Waals surface area (Å²) in [6, 6.07) is 0. The highest BCUT2D eigenvalue weighted by molar-refractivity contribution is 5.10. The number of hydrogen-bond donors (Lipinski definition) is 1. The van der Waals surface area contributed by atoms with E-state index in [0.29, 0.717) is 11.8 Å². The predicted molar refractivity (Wildman–Crippen MR) is 115 cm³/mol. The molecule has 0 aromatic heterocycles. The molecule has 0 saturated carbocycles. The first-order chi connectivity index (χ1) is 12.8. The third-order valence-electron chi connectivity index (χ3n) is 5.67. The minimum absolute atomic E-state index is 0.559. The van der Waals surface area contributed by atoms with Gasteiger partial charge in [0.25, 0.3) is 0 Å². The normalized spacial score (nSPS) is 14.8. The molecule has 0 aromatic carbocycles. The fourth-order valence-corrected chi connectivity index (χ4v) is 3.86. The Balaban J connectivity index is 1.81. The summed E-state index contributed by atoms with van der Waals surface area (Å²) in [7, 11) is 0. The summed E-state index contributed by atoms with van der Waals surface area (Å²) in [6.45, 7) is 8.36. The van der Waals surface area contributed by atoms with Crippen molar-refractivity contribution in [3.63, 3.8) is 0 Å². The molecule has 1 N–H and O–H groups in total. The molecule has 1 aliphatic rings. The van der Waals surface area contributed by atoms with Crippen molar-refractivity contribution in [2.24, 2.45) is 5.92 Å². The molecule has 0 fully saturated rings. The lowest BCUT2D eigenvalue weighted by Gasteiger charge is -2.15. The molecule has 1 unspecified atom stereocenters. The third-order valence-corrected chi connectivity index (χ3v) is 5.67. The SMILES string of the molecule is C=C1NC=C(C(CC)CCCCCCCCCCCCCCCCC)O1. The van der Waals surface area contributed by atoms with Crippen LogP contribution in [0.2, 0.25) is 0 Å². The van der Waals surface area contributed by atoms with Crippen molar-refractivity contribution in [1.82, 2.24) is 5.32 Å². The minimum atomic E-state index is 0.559. The molecular formula is C24H45NO. The Morgan fingerprint density at radius 2 is 1.23 bits per heavy atom. The van der Waals surface area contributed by atoms with E-state index in [0.717, 1.165) is 12.2 Å². The van der Waals surface area contributed by atoms with Crippen molar-refractivity contribution in [2.45, 2.75) is 123 Å². The second-order valence-electron chi connectivity index (χ2n) is 8.06. The second-order valence-corrected chi connectivity index (χ2v) is 8.06. The molecule has 2 nitrogen and oxygen atoms in total. The highest BCUT2D eigenvalue weighted by Gasteiger charge is 2.18. The average Bonchev–Trinajstić information content (AvgIpc) is 3.07. The number of rotatable bonds is 18. The van der Waals surface area contributed by atoms with E-state index in [9.17, 15) is 0 Å². The Morgan fingerprint density at radius 3 is 1.62 bits per heavy atom. The van der Waals surface area contributed by atoms with Crippen LogP contribution in [-0.4, -0.2) is 0 Å². The summed E-state index contributed by atoms with van der Waals surface area (Å²) in [5.41, 5.74) is 0. The minimum Gasteiger partial charge on any atom is -0.444 e. The first-order valence-electron chi connectivity index (χ1n) is 11.6. The summed E-state index contributed by atoms with van der Waals surface area (Å²) in [5.74, 6) is 2.32. The van der Waals surface area contributed by atoms with Crippen LogP contribution in [0, 0.1) is 5.92 Å². The average molecular weight is 364 g/mol. The molecule has 152 valence electrons. The summed E-state index contributed by atoms with van der Waals surface area (Å²) >= 11 is 0. The van der Waals surface area contributed by atoms with Gasteiger partial charge in [0.05, 0.1) is 0 Å². The molecule has 26 heavy (non-hydrogen) atoms. The van der Waals surface area contributed by atoms with Crippen molar-refractivity contribution in [3.05, 3.63) is 24.4 Å². The number of allylic oxidation sites excluding steroid dienone is 1. The standard InChI is InChI=1S/C24H45NO/c1-4-6-7-8-9-10-11-12-13-14-15-16-17-18-19-20-23(5-2)24-21-25-22(3)26-24/h21,23,25H,3-20H2,1-2H3. The van der Waals surface area contributed by atoms with Gasteiger partial charge in [0, 0.05) is 12.1 Å². The van der Waals surface area contributed by atoms with Crippen LogP contribution in [0.3, 0.4) is 0 Å². The van der Waals surface area contributed by atoms with Gasteiger partial charge in [0.1, 0.15) is 5.76 Å². The van der Waals surface area contributed by atoms with E-state index >= 15 is 0 Å². The Morgan fingerprint density at radius 1 is 0.769 bits per heavy atom. The lowest BCUT2D eigenvalue weighted by Crippen LogP contribution is -2.03. The zero-order chi connectivity index (χ0) is 18.9.